The molecule has 0 radical (unpaired) electrons. The number of hydrogen-bond donors (Lipinski definition) is 2. The summed E-state index contributed by atoms with van der Waals surface area (Å²) in [5.74, 6) is 2.69. The largest absolute Gasteiger partial charge is 0.496 e. The highest BCUT2D eigenvalue weighted by Crippen LogP contribution is 2.27. The maximum Gasteiger partial charge on any atom is 0.188 e. The van der Waals surface area contributed by atoms with Crippen molar-refractivity contribution in [2.75, 3.05) is 27.9 Å². The maximum atomic E-state index is 5.96. The van der Waals surface area contributed by atoms with Crippen molar-refractivity contribution >= 4 is 21.9 Å². The molecule has 0 aromatic heterocycles. The number of guanidine groups is 1. The Kier molecular flexibility index (Phi) is 8.26. The quantitative estimate of drug-likeness (QED) is 0.357. The first-order valence-electron chi connectivity index (χ1n) is 8.64. The van der Waals surface area contributed by atoms with Gasteiger partial charge in [-0.3, -0.25) is 0 Å². The van der Waals surface area contributed by atoms with E-state index < -0.39 is 0 Å². The van der Waals surface area contributed by atoms with Crippen molar-refractivity contribution in [3.05, 3.63) is 52.0 Å². The van der Waals surface area contributed by atoms with E-state index in [1.165, 1.54) is 5.56 Å². The Bertz CT molecular complexity index is 781. The molecule has 7 heteroatoms. The van der Waals surface area contributed by atoms with Gasteiger partial charge in [0.2, 0.25) is 0 Å². The molecule has 0 heterocycles. The van der Waals surface area contributed by atoms with Gasteiger partial charge in [0.25, 0.3) is 0 Å². The number of nitrogens with one attached hydrogen (secondary N) is 1. The lowest BCUT2D eigenvalue weighted by molar-refractivity contribution is 0.354. The molecule has 0 fully saturated rings. The molecule has 0 aliphatic carbocycles. The molecule has 0 unspecified atom stereocenters. The Labute approximate surface area is 168 Å². The molecule has 0 amide bonds. The zero-order chi connectivity index (χ0) is 19.6. The number of nitrogens with zero attached hydrogens (tertiary/aromatic N) is 1. The molecule has 2 aromatic carbocycles. The minimum absolute atomic E-state index is 0.424. The van der Waals surface area contributed by atoms with E-state index >= 15 is 0 Å². The van der Waals surface area contributed by atoms with Crippen LogP contribution in [0.2, 0.25) is 0 Å². The van der Waals surface area contributed by atoms with Crippen LogP contribution < -0.4 is 25.3 Å². The molecule has 146 valence electrons. The number of ether oxygens (including phenoxy) is 3. The van der Waals surface area contributed by atoms with E-state index in [9.17, 15) is 0 Å². The van der Waals surface area contributed by atoms with E-state index in [0.29, 0.717) is 24.0 Å². The van der Waals surface area contributed by atoms with Crippen LogP contribution in [0.4, 0.5) is 0 Å². The summed E-state index contributed by atoms with van der Waals surface area (Å²) in [6, 6.07) is 11.8. The standard InChI is InChI=1S/C20H26BrN3O3/c1-25-17-9-6-14(11-19(17)27-3)13-24-20(22)23-10-4-5-15-7-8-16(21)12-18(15)26-2/h6-9,11-12H,4-5,10,13H2,1-3H3,(H3,22,23,24). The second-order valence-electron chi connectivity index (χ2n) is 5.88. The summed E-state index contributed by atoms with van der Waals surface area (Å²) in [7, 11) is 4.91. The van der Waals surface area contributed by atoms with Crippen molar-refractivity contribution in [3.8, 4) is 17.2 Å². The lowest BCUT2D eigenvalue weighted by atomic mass is 10.1. The first kappa shape index (κ1) is 20.9. The number of methoxy groups -OCH3 is 3. The van der Waals surface area contributed by atoms with Crippen LogP contribution in [0.5, 0.6) is 17.2 Å². The number of aliphatic imine (C=N–C) groups is 1. The Morgan fingerprint density at radius 1 is 1.00 bits per heavy atom. The molecule has 2 rings (SSSR count). The lowest BCUT2D eigenvalue weighted by Gasteiger charge is -2.10. The van der Waals surface area contributed by atoms with Gasteiger partial charge >= 0.3 is 0 Å². The molecular formula is C20H26BrN3O3. The van der Waals surface area contributed by atoms with E-state index in [1.807, 2.05) is 30.3 Å². The second-order valence-corrected chi connectivity index (χ2v) is 6.79. The van der Waals surface area contributed by atoms with Gasteiger partial charge in [0.15, 0.2) is 17.5 Å². The number of nitrogens with two attached hydrogens (primary N) is 1. The average molecular weight is 436 g/mol. The van der Waals surface area contributed by atoms with Gasteiger partial charge in [-0.2, -0.15) is 0 Å². The molecular weight excluding hydrogens is 410 g/mol. The van der Waals surface area contributed by atoms with Crippen LogP contribution in [-0.4, -0.2) is 33.8 Å². The van der Waals surface area contributed by atoms with Gasteiger partial charge < -0.3 is 25.3 Å². The first-order valence-corrected chi connectivity index (χ1v) is 9.43. The fourth-order valence-corrected chi connectivity index (χ4v) is 2.97. The van der Waals surface area contributed by atoms with Gasteiger partial charge in [-0.15, -0.1) is 0 Å². The van der Waals surface area contributed by atoms with E-state index in [1.54, 1.807) is 21.3 Å². The normalized spacial score (nSPS) is 11.2. The van der Waals surface area contributed by atoms with Crippen LogP contribution in [0.15, 0.2) is 45.9 Å². The fraction of sp³-hybridized carbons (Fsp3) is 0.350. The van der Waals surface area contributed by atoms with Crippen LogP contribution >= 0.6 is 15.9 Å². The van der Waals surface area contributed by atoms with Crippen molar-refractivity contribution < 1.29 is 14.2 Å². The predicted molar refractivity (Wildman–Crippen MR) is 112 cm³/mol. The summed E-state index contributed by atoms with van der Waals surface area (Å²) in [5, 5.41) is 3.14. The van der Waals surface area contributed by atoms with Crippen molar-refractivity contribution in [3.63, 3.8) is 0 Å². The molecule has 27 heavy (non-hydrogen) atoms. The highest BCUT2D eigenvalue weighted by molar-refractivity contribution is 9.10. The zero-order valence-electron chi connectivity index (χ0n) is 15.9. The number of hydrogen-bond acceptors (Lipinski definition) is 4. The van der Waals surface area contributed by atoms with Gasteiger partial charge in [0.1, 0.15) is 5.75 Å². The molecule has 6 nitrogen and oxygen atoms in total. The zero-order valence-corrected chi connectivity index (χ0v) is 17.5. The van der Waals surface area contributed by atoms with Gasteiger partial charge in [-0.25, -0.2) is 4.99 Å². The Morgan fingerprint density at radius 2 is 1.74 bits per heavy atom. The van der Waals surface area contributed by atoms with Crippen LogP contribution in [0.1, 0.15) is 17.5 Å². The van der Waals surface area contributed by atoms with Gasteiger partial charge in [-0.05, 0) is 48.2 Å². The van der Waals surface area contributed by atoms with Crippen molar-refractivity contribution in [2.24, 2.45) is 10.7 Å². The summed E-state index contributed by atoms with van der Waals surface area (Å²) < 4.78 is 16.9. The SMILES string of the molecule is COc1cc(Br)ccc1CCCNC(N)=NCc1ccc(OC)c(OC)c1. The third kappa shape index (κ3) is 6.36. The van der Waals surface area contributed by atoms with Crippen molar-refractivity contribution in [1.29, 1.82) is 0 Å². The minimum Gasteiger partial charge on any atom is -0.496 e. The molecule has 2 aromatic rings. The summed E-state index contributed by atoms with van der Waals surface area (Å²) in [4.78, 5) is 4.37. The predicted octanol–water partition coefficient (Wildman–Crippen LogP) is 3.51. The average Bonchev–Trinajstić information content (AvgIpc) is 2.70. The maximum absolute atomic E-state index is 5.96. The van der Waals surface area contributed by atoms with Crippen LogP contribution in [0, 0.1) is 0 Å². The Balaban J connectivity index is 1.81. The van der Waals surface area contributed by atoms with E-state index in [4.69, 9.17) is 19.9 Å². The third-order valence-electron chi connectivity index (χ3n) is 4.06. The third-order valence-corrected chi connectivity index (χ3v) is 4.55. The number of aryl methyl sites for hydroxylation is 1. The molecule has 0 atom stereocenters. The fourth-order valence-electron chi connectivity index (χ4n) is 2.63. The van der Waals surface area contributed by atoms with E-state index in [0.717, 1.165) is 35.2 Å². The summed E-state index contributed by atoms with van der Waals surface area (Å²) in [6.45, 7) is 1.21. The monoisotopic (exact) mass is 435 g/mol. The minimum atomic E-state index is 0.424. The number of benzene rings is 2. The molecule has 0 saturated carbocycles. The van der Waals surface area contributed by atoms with E-state index in [-0.39, 0.29) is 0 Å². The second kappa shape index (κ2) is 10.7. The molecule has 0 spiro atoms. The number of halogens is 1. The van der Waals surface area contributed by atoms with Crippen molar-refractivity contribution in [2.45, 2.75) is 19.4 Å². The summed E-state index contributed by atoms with van der Waals surface area (Å²) in [6.07, 6.45) is 1.82. The topological polar surface area (TPSA) is 78.1 Å². The number of rotatable bonds is 9. The Morgan fingerprint density at radius 3 is 2.44 bits per heavy atom. The molecule has 3 N–H and O–H groups in total. The molecule has 0 aliphatic rings. The molecule has 0 bridgehead atoms. The van der Waals surface area contributed by atoms with Crippen LogP contribution in [0.3, 0.4) is 0 Å². The van der Waals surface area contributed by atoms with Crippen LogP contribution in [-0.2, 0) is 13.0 Å². The highest BCUT2D eigenvalue weighted by Gasteiger charge is 2.05. The van der Waals surface area contributed by atoms with Crippen LogP contribution in [0.25, 0.3) is 0 Å². The first-order chi connectivity index (χ1) is 13.1. The Hall–Kier alpha value is -2.41. The highest BCUT2D eigenvalue weighted by atomic mass is 79.9. The summed E-state index contributed by atoms with van der Waals surface area (Å²) >= 11 is 3.45. The van der Waals surface area contributed by atoms with Gasteiger partial charge in [0.05, 0.1) is 27.9 Å². The molecule has 0 saturated heterocycles. The van der Waals surface area contributed by atoms with E-state index in [2.05, 4.69) is 32.3 Å². The van der Waals surface area contributed by atoms with Gasteiger partial charge in [-0.1, -0.05) is 28.1 Å². The summed E-state index contributed by atoms with van der Waals surface area (Å²) in [5.41, 5.74) is 8.12. The molecule has 0 aliphatic heterocycles. The van der Waals surface area contributed by atoms with Crippen molar-refractivity contribution in [1.82, 2.24) is 5.32 Å². The smallest absolute Gasteiger partial charge is 0.188 e. The lowest BCUT2D eigenvalue weighted by Crippen LogP contribution is -2.32. The van der Waals surface area contributed by atoms with Gasteiger partial charge in [0, 0.05) is 11.0 Å².